The van der Waals surface area contributed by atoms with Crippen molar-refractivity contribution in [1.82, 2.24) is 19.4 Å². The number of hydrogen-bond donors (Lipinski definition) is 1. The highest BCUT2D eigenvalue weighted by Crippen LogP contribution is 2.36. The topological polar surface area (TPSA) is 59.3 Å². The lowest BCUT2D eigenvalue weighted by Crippen LogP contribution is -2.56. The minimum Gasteiger partial charge on any atom is -0.352 e. The highest BCUT2D eigenvalue weighted by atomic mass is 35.5. The van der Waals surface area contributed by atoms with Gasteiger partial charge < -0.3 is 19.4 Å². The van der Waals surface area contributed by atoms with E-state index in [0.29, 0.717) is 29.7 Å². The molecular formula is C31H33ClN4O2. The molecule has 1 saturated carbocycles. The summed E-state index contributed by atoms with van der Waals surface area (Å²) in [5, 5.41) is 4.96. The van der Waals surface area contributed by atoms with E-state index in [1.165, 1.54) is 0 Å². The van der Waals surface area contributed by atoms with Crippen LogP contribution in [0.2, 0.25) is 5.02 Å². The molecule has 1 aliphatic heterocycles. The standard InChI is InChI=1S/C31H33ClN4O2/c1-20-5-12-24(13-6-20)33-30(37)27-19-35-26-14-7-21(2)17-25(26)28(34-15-3-4-16-34)29(35)31(38)36(27)18-22-8-10-23(32)11-9-22/h3-4,7-11,14-17,20,24,27H,5-6,12-13,18-19H2,1-2H3,(H,33,37). The van der Waals surface area contributed by atoms with Crippen molar-refractivity contribution in [3.05, 3.63) is 88.8 Å². The summed E-state index contributed by atoms with van der Waals surface area (Å²) in [7, 11) is 0. The van der Waals surface area contributed by atoms with Gasteiger partial charge in [-0.05, 0) is 80.5 Å². The average molecular weight is 529 g/mol. The fourth-order valence-corrected chi connectivity index (χ4v) is 6.17. The van der Waals surface area contributed by atoms with Gasteiger partial charge in [0.2, 0.25) is 5.91 Å². The van der Waals surface area contributed by atoms with E-state index in [9.17, 15) is 9.59 Å². The molecule has 0 saturated heterocycles. The maximum atomic E-state index is 14.4. The Hall–Kier alpha value is -3.51. The first-order valence-corrected chi connectivity index (χ1v) is 13.9. The molecule has 1 atom stereocenters. The van der Waals surface area contributed by atoms with Gasteiger partial charge in [0.15, 0.2) is 0 Å². The Morgan fingerprint density at radius 2 is 1.74 bits per heavy atom. The van der Waals surface area contributed by atoms with E-state index >= 15 is 0 Å². The van der Waals surface area contributed by atoms with Gasteiger partial charge in [0, 0.05) is 35.4 Å². The Morgan fingerprint density at radius 3 is 2.45 bits per heavy atom. The van der Waals surface area contributed by atoms with E-state index in [2.05, 4.69) is 41.9 Å². The molecule has 6 nitrogen and oxygen atoms in total. The highest BCUT2D eigenvalue weighted by Gasteiger charge is 2.41. The maximum Gasteiger partial charge on any atom is 0.273 e. The Labute approximate surface area is 228 Å². The summed E-state index contributed by atoms with van der Waals surface area (Å²) in [5.74, 6) is 0.486. The lowest BCUT2D eigenvalue weighted by atomic mass is 9.87. The van der Waals surface area contributed by atoms with Crippen LogP contribution in [0.5, 0.6) is 0 Å². The van der Waals surface area contributed by atoms with Gasteiger partial charge in [-0.2, -0.15) is 0 Å². The van der Waals surface area contributed by atoms with Gasteiger partial charge in [-0.25, -0.2) is 0 Å². The number of nitrogens with one attached hydrogen (secondary N) is 1. The summed E-state index contributed by atoms with van der Waals surface area (Å²) < 4.78 is 4.06. The van der Waals surface area contributed by atoms with Crippen LogP contribution in [0, 0.1) is 12.8 Å². The molecule has 2 aromatic carbocycles. The molecule has 2 amide bonds. The first kappa shape index (κ1) is 24.8. The number of halogens is 1. The van der Waals surface area contributed by atoms with Crippen molar-refractivity contribution in [3.8, 4) is 5.69 Å². The van der Waals surface area contributed by atoms with Crippen LogP contribution in [0.25, 0.3) is 16.6 Å². The third-order valence-electron chi connectivity index (χ3n) is 8.18. The normalized spacial score (nSPS) is 21.5. The van der Waals surface area contributed by atoms with E-state index in [1.54, 1.807) is 4.90 Å². The third kappa shape index (κ3) is 4.51. The van der Waals surface area contributed by atoms with Crippen molar-refractivity contribution in [2.45, 2.75) is 64.7 Å². The van der Waals surface area contributed by atoms with Gasteiger partial charge in [-0.1, -0.05) is 42.3 Å². The predicted octanol–water partition coefficient (Wildman–Crippen LogP) is 6.11. The summed E-state index contributed by atoms with van der Waals surface area (Å²) in [5.41, 5.74) is 4.51. The molecule has 4 aromatic rings. The number of hydrogen-bond acceptors (Lipinski definition) is 2. The second kappa shape index (κ2) is 9.99. The molecular weight excluding hydrogens is 496 g/mol. The van der Waals surface area contributed by atoms with Gasteiger partial charge in [-0.15, -0.1) is 0 Å². The Bertz CT molecular complexity index is 1480. The number of benzene rings is 2. The molecule has 0 spiro atoms. The molecule has 7 heteroatoms. The van der Waals surface area contributed by atoms with Crippen LogP contribution >= 0.6 is 11.6 Å². The minimum atomic E-state index is -0.612. The highest BCUT2D eigenvalue weighted by molar-refractivity contribution is 6.30. The fourth-order valence-electron chi connectivity index (χ4n) is 6.05. The Morgan fingerprint density at radius 1 is 1.03 bits per heavy atom. The van der Waals surface area contributed by atoms with E-state index in [1.807, 2.05) is 53.4 Å². The zero-order valence-corrected chi connectivity index (χ0v) is 22.6. The van der Waals surface area contributed by atoms with E-state index in [4.69, 9.17) is 11.6 Å². The van der Waals surface area contributed by atoms with E-state index in [-0.39, 0.29) is 17.9 Å². The van der Waals surface area contributed by atoms with Gasteiger partial charge in [0.25, 0.3) is 5.91 Å². The Kier molecular flexibility index (Phi) is 6.52. The smallest absolute Gasteiger partial charge is 0.273 e. The lowest BCUT2D eigenvalue weighted by molar-refractivity contribution is -0.127. The number of nitrogens with zero attached hydrogens (tertiary/aromatic N) is 3. The van der Waals surface area contributed by atoms with Gasteiger partial charge >= 0.3 is 0 Å². The second-order valence-corrected chi connectivity index (χ2v) is 11.4. The van der Waals surface area contributed by atoms with E-state index in [0.717, 1.165) is 53.4 Å². The van der Waals surface area contributed by atoms with Gasteiger partial charge in [0.05, 0.1) is 17.7 Å². The molecule has 2 aliphatic rings. The maximum absolute atomic E-state index is 14.4. The quantitative estimate of drug-likeness (QED) is 0.339. The summed E-state index contributed by atoms with van der Waals surface area (Å²) >= 11 is 6.13. The summed E-state index contributed by atoms with van der Waals surface area (Å²) in [4.78, 5) is 30.0. The molecule has 196 valence electrons. The molecule has 0 radical (unpaired) electrons. The van der Waals surface area contributed by atoms with Crippen LogP contribution in [-0.2, 0) is 17.9 Å². The first-order chi connectivity index (χ1) is 18.4. The number of aryl methyl sites for hydroxylation is 1. The SMILES string of the molecule is Cc1ccc2c(c1)c(-n1cccc1)c1n2CC(C(=O)NC2CCC(C)CC2)N(Cc2ccc(Cl)cc2)C1=O. The van der Waals surface area contributed by atoms with Crippen LogP contribution in [0.15, 0.2) is 67.0 Å². The minimum absolute atomic E-state index is 0.0750. The van der Waals surface area contributed by atoms with Gasteiger partial charge in [-0.3, -0.25) is 9.59 Å². The van der Waals surface area contributed by atoms with Crippen molar-refractivity contribution in [1.29, 1.82) is 0 Å². The van der Waals surface area contributed by atoms with Gasteiger partial charge in [0.1, 0.15) is 11.7 Å². The van der Waals surface area contributed by atoms with Crippen LogP contribution in [0.3, 0.4) is 0 Å². The molecule has 6 rings (SSSR count). The molecule has 1 fully saturated rings. The molecule has 1 unspecified atom stereocenters. The first-order valence-electron chi connectivity index (χ1n) is 13.5. The van der Waals surface area contributed by atoms with Crippen LogP contribution in [0.1, 0.15) is 54.2 Å². The number of amides is 2. The second-order valence-electron chi connectivity index (χ2n) is 11.0. The lowest BCUT2D eigenvalue weighted by Gasteiger charge is -2.37. The third-order valence-corrected chi connectivity index (χ3v) is 8.43. The van der Waals surface area contributed by atoms with Crippen LogP contribution in [-0.4, -0.2) is 37.9 Å². The fraction of sp³-hybridized carbons (Fsp3) is 0.355. The van der Waals surface area contributed by atoms with Crippen molar-refractivity contribution in [2.24, 2.45) is 5.92 Å². The molecule has 3 heterocycles. The zero-order chi connectivity index (χ0) is 26.4. The largest absolute Gasteiger partial charge is 0.352 e. The number of aromatic nitrogens is 2. The summed E-state index contributed by atoms with van der Waals surface area (Å²) in [6, 6.07) is 17.2. The van der Waals surface area contributed by atoms with Crippen molar-refractivity contribution in [3.63, 3.8) is 0 Å². The van der Waals surface area contributed by atoms with Crippen molar-refractivity contribution in [2.75, 3.05) is 0 Å². The predicted molar refractivity (Wildman–Crippen MR) is 151 cm³/mol. The molecule has 2 aromatic heterocycles. The summed E-state index contributed by atoms with van der Waals surface area (Å²) in [6.07, 6.45) is 8.15. The van der Waals surface area contributed by atoms with Crippen molar-refractivity contribution < 1.29 is 9.59 Å². The monoisotopic (exact) mass is 528 g/mol. The van der Waals surface area contributed by atoms with E-state index < -0.39 is 6.04 Å². The van der Waals surface area contributed by atoms with Crippen LogP contribution in [0.4, 0.5) is 0 Å². The number of rotatable bonds is 5. The average Bonchev–Trinajstić information content (AvgIpc) is 3.54. The van der Waals surface area contributed by atoms with Crippen molar-refractivity contribution >= 4 is 34.3 Å². The summed E-state index contributed by atoms with van der Waals surface area (Å²) in [6.45, 7) is 5.08. The van der Waals surface area contributed by atoms with Crippen LogP contribution < -0.4 is 5.32 Å². The number of carbonyl (C=O) groups excluding carboxylic acids is 2. The molecule has 0 bridgehead atoms. The molecule has 38 heavy (non-hydrogen) atoms. The number of carbonyl (C=O) groups is 2. The number of fused-ring (bicyclic) bond motifs is 3. The Balaban J connectivity index is 1.44. The zero-order valence-electron chi connectivity index (χ0n) is 21.9. The molecule has 1 N–H and O–H groups in total. The molecule has 1 aliphatic carbocycles.